The van der Waals surface area contributed by atoms with Gasteiger partial charge in [-0.1, -0.05) is 6.42 Å². The van der Waals surface area contributed by atoms with Gasteiger partial charge in [-0.15, -0.1) is 0 Å². The lowest BCUT2D eigenvalue weighted by molar-refractivity contribution is 0.466. The molecule has 0 radical (unpaired) electrons. The predicted molar refractivity (Wildman–Crippen MR) is 88.6 cm³/mol. The Hall–Kier alpha value is -2.08. The van der Waals surface area contributed by atoms with E-state index < -0.39 is 0 Å². The molecule has 0 aromatic heterocycles. The lowest BCUT2D eigenvalue weighted by Gasteiger charge is -2.25. The molecule has 1 saturated heterocycles. The molecule has 1 unspecified atom stereocenters. The summed E-state index contributed by atoms with van der Waals surface area (Å²) in [6.45, 7) is 0.946. The first-order chi connectivity index (χ1) is 10.1. The van der Waals surface area contributed by atoms with E-state index in [0.29, 0.717) is 5.84 Å². The van der Waals surface area contributed by atoms with Crippen molar-refractivity contribution in [2.45, 2.75) is 25.3 Å². The van der Waals surface area contributed by atoms with E-state index in [1.54, 1.807) is 0 Å². The molecule has 114 valence electrons. The molecule has 6 heteroatoms. The number of piperidine rings is 1. The SMILES string of the molecule is CN(C)c1ccc(NC(=N)NC(=N)C2CCCCN2)cc1. The summed E-state index contributed by atoms with van der Waals surface area (Å²) in [5.41, 5.74) is 1.95. The van der Waals surface area contributed by atoms with Crippen LogP contribution in [0.1, 0.15) is 19.3 Å². The quantitative estimate of drug-likeness (QED) is 0.434. The summed E-state index contributed by atoms with van der Waals surface area (Å²) in [7, 11) is 3.98. The Morgan fingerprint density at radius 2 is 1.90 bits per heavy atom. The van der Waals surface area contributed by atoms with Crippen molar-refractivity contribution < 1.29 is 0 Å². The lowest BCUT2D eigenvalue weighted by Crippen LogP contribution is -2.49. The van der Waals surface area contributed by atoms with Gasteiger partial charge < -0.3 is 20.9 Å². The molecule has 1 aliphatic heterocycles. The van der Waals surface area contributed by atoms with Crippen molar-refractivity contribution >= 4 is 23.2 Å². The molecule has 21 heavy (non-hydrogen) atoms. The molecule has 1 atom stereocenters. The van der Waals surface area contributed by atoms with E-state index in [1.807, 2.05) is 43.3 Å². The number of nitrogens with zero attached hydrogens (tertiary/aromatic N) is 1. The normalized spacial score (nSPS) is 17.9. The highest BCUT2D eigenvalue weighted by molar-refractivity contribution is 6.05. The minimum absolute atomic E-state index is 0.0389. The fourth-order valence-electron chi connectivity index (χ4n) is 2.34. The fraction of sp³-hybridized carbons (Fsp3) is 0.467. The molecule has 6 nitrogen and oxygen atoms in total. The molecular formula is C15H24N6. The Morgan fingerprint density at radius 1 is 1.19 bits per heavy atom. The zero-order valence-electron chi connectivity index (χ0n) is 12.7. The Morgan fingerprint density at radius 3 is 2.48 bits per heavy atom. The van der Waals surface area contributed by atoms with Gasteiger partial charge in [-0.25, -0.2) is 0 Å². The van der Waals surface area contributed by atoms with Crippen molar-refractivity contribution in [3.8, 4) is 0 Å². The Kier molecular flexibility index (Phi) is 5.16. The van der Waals surface area contributed by atoms with Gasteiger partial charge in [0.05, 0.1) is 6.04 Å². The summed E-state index contributed by atoms with van der Waals surface area (Å²) in [5.74, 6) is 0.488. The Balaban J connectivity index is 1.84. The van der Waals surface area contributed by atoms with Gasteiger partial charge in [-0.2, -0.15) is 0 Å². The molecule has 0 saturated carbocycles. The highest BCUT2D eigenvalue weighted by atomic mass is 15.2. The largest absolute Gasteiger partial charge is 0.378 e. The van der Waals surface area contributed by atoms with Crippen molar-refractivity contribution in [3.63, 3.8) is 0 Å². The fourth-order valence-corrected chi connectivity index (χ4v) is 2.34. The maximum Gasteiger partial charge on any atom is 0.198 e. The van der Waals surface area contributed by atoms with E-state index >= 15 is 0 Å². The van der Waals surface area contributed by atoms with Crippen molar-refractivity contribution in [2.24, 2.45) is 0 Å². The zero-order valence-corrected chi connectivity index (χ0v) is 12.7. The van der Waals surface area contributed by atoms with Crippen LogP contribution in [-0.2, 0) is 0 Å². The molecule has 2 rings (SSSR count). The first-order valence-electron chi connectivity index (χ1n) is 7.28. The number of hydrogen-bond acceptors (Lipinski definition) is 4. The smallest absolute Gasteiger partial charge is 0.198 e. The number of amidine groups is 1. The predicted octanol–water partition coefficient (Wildman–Crippen LogP) is 1.81. The third-order valence-corrected chi connectivity index (χ3v) is 3.57. The number of rotatable bonds is 3. The topological polar surface area (TPSA) is 87.0 Å². The van der Waals surface area contributed by atoms with Gasteiger partial charge in [0.1, 0.15) is 5.84 Å². The molecule has 0 aliphatic carbocycles. The average molecular weight is 288 g/mol. The number of anilines is 2. The van der Waals surface area contributed by atoms with Crippen LogP contribution in [0.4, 0.5) is 11.4 Å². The van der Waals surface area contributed by atoms with E-state index in [2.05, 4.69) is 16.0 Å². The molecule has 1 fully saturated rings. The van der Waals surface area contributed by atoms with E-state index in [4.69, 9.17) is 10.8 Å². The van der Waals surface area contributed by atoms with E-state index in [-0.39, 0.29) is 12.0 Å². The monoisotopic (exact) mass is 288 g/mol. The van der Waals surface area contributed by atoms with Gasteiger partial charge >= 0.3 is 0 Å². The zero-order chi connectivity index (χ0) is 15.2. The number of nitrogens with one attached hydrogen (secondary N) is 5. The maximum atomic E-state index is 8.01. The molecule has 0 spiro atoms. The molecule has 0 amide bonds. The second kappa shape index (κ2) is 7.08. The Labute approximate surface area is 125 Å². The summed E-state index contributed by atoms with van der Waals surface area (Å²) in [5, 5.41) is 25.0. The van der Waals surface area contributed by atoms with Crippen LogP contribution in [0.5, 0.6) is 0 Å². The highest BCUT2D eigenvalue weighted by Gasteiger charge is 2.17. The summed E-state index contributed by atoms with van der Waals surface area (Å²) in [6.07, 6.45) is 3.25. The number of hydrogen-bond donors (Lipinski definition) is 5. The van der Waals surface area contributed by atoms with Gasteiger partial charge in [-0.05, 0) is 43.7 Å². The van der Waals surface area contributed by atoms with Gasteiger partial charge in [-0.3, -0.25) is 10.8 Å². The molecule has 0 bridgehead atoms. The molecule has 1 heterocycles. The lowest BCUT2D eigenvalue weighted by atomic mass is 10.0. The van der Waals surface area contributed by atoms with E-state index in [1.165, 1.54) is 0 Å². The Bertz CT molecular complexity index is 487. The van der Waals surface area contributed by atoms with Crippen LogP contribution in [0.25, 0.3) is 0 Å². The summed E-state index contributed by atoms with van der Waals surface area (Å²) in [6, 6.07) is 7.87. The summed E-state index contributed by atoms with van der Waals surface area (Å²) >= 11 is 0. The standard InChI is InChI=1S/C15H24N6/c1-21(2)12-8-6-11(7-9-12)19-15(17)20-14(16)13-5-3-4-10-18-13/h6-9,13,18H,3-5,10H2,1-2H3,(H4,16,17,19,20). The van der Waals surface area contributed by atoms with Crippen LogP contribution in [0.15, 0.2) is 24.3 Å². The van der Waals surface area contributed by atoms with Gasteiger partial charge in [0, 0.05) is 25.5 Å². The van der Waals surface area contributed by atoms with Crippen LogP contribution in [0, 0.1) is 10.8 Å². The van der Waals surface area contributed by atoms with Crippen LogP contribution in [0.2, 0.25) is 0 Å². The van der Waals surface area contributed by atoms with E-state index in [0.717, 1.165) is 37.2 Å². The number of guanidine groups is 1. The average Bonchev–Trinajstić information content (AvgIpc) is 2.48. The molecule has 1 aromatic rings. The minimum atomic E-state index is 0.0389. The van der Waals surface area contributed by atoms with Crippen LogP contribution < -0.4 is 20.9 Å². The summed E-state index contributed by atoms with van der Waals surface area (Å²) < 4.78 is 0. The highest BCUT2D eigenvalue weighted by Crippen LogP contribution is 2.15. The minimum Gasteiger partial charge on any atom is -0.378 e. The summed E-state index contributed by atoms with van der Waals surface area (Å²) in [4.78, 5) is 2.03. The molecule has 1 aromatic carbocycles. The van der Waals surface area contributed by atoms with Gasteiger partial charge in [0.15, 0.2) is 5.96 Å². The molecular weight excluding hydrogens is 264 g/mol. The number of benzene rings is 1. The second-order valence-corrected chi connectivity index (χ2v) is 5.48. The first-order valence-corrected chi connectivity index (χ1v) is 7.28. The molecule has 5 N–H and O–H groups in total. The van der Waals surface area contributed by atoms with Gasteiger partial charge in [0.25, 0.3) is 0 Å². The third kappa shape index (κ3) is 4.46. The van der Waals surface area contributed by atoms with Crippen molar-refractivity contribution in [2.75, 3.05) is 30.9 Å². The molecule has 1 aliphatic rings. The van der Waals surface area contributed by atoms with Crippen molar-refractivity contribution in [1.82, 2.24) is 10.6 Å². The maximum absolute atomic E-state index is 8.01. The van der Waals surface area contributed by atoms with Crippen molar-refractivity contribution in [3.05, 3.63) is 24.3 Å². The van der Waals surface area contributed by atoms with E-state index in [9.17, 15) is 0 Å². The van der Waals surface area contributed by atoms with Crippen molar-refractivity contribution in [1.29, 1.82) is 10.8 Å². The second-order valence-electron chi connectivity index (χ2n) is 5.48. The third-order valence-electron chi connectivity index (χ3n) is 3.57. The van der Waals surface area contributed by atoms with Crippen LogP contribution in [0.3, 0.4) is 0 Å². The van der Waals surface area contributed by atoms with Crippen LogP contribution >= 0.6 is 0 Å². The van der Waals surface area contributed by atoms with Gasteiger partial charge in [0.2, 0.25) is 0 Å². The van der Waals surface area contributed by atoms with Crippen LogP contribution in [-0.4, -0.2) is 38.5 Å². The first kappa shape index (κ1) is 15.3.